The first-order chi connectivity index (χ1) is 9.04. The number of rotatable bonds is 4. The number of pyridine rings is 1. The minimum absolute atomic E-state index is 0. The molecule has 106 valence electrons. The van der Waals surface area contributed by atoms with Crippen LogP contribution in [0.3, 0.4) is 0 Å². The molecule has 5 heteroatoms. The van der Waals surface area contributed by atoms with Crippen LogP contribution in [0.4, 0.5) is 0 Å². The number of carbonyl (C=O) groups is 1. The fraction of sp³-hybridized carbons (Fsp3) is 0.200. The molecule has 0 amide bonds. The lowest BCUT2D eigenvalue weighted by Gasteiger charge is -2.07. The molecule has 3 N–H and O–H groups in total. The summed E-state index contributed by atoms with van der Waals surface area (Å²) < 4.78 is 5.62. The molecule has 0 aliphatic carbocycles. The Morgan fingerprint density at radius 2 is 1.80 bits per heavy atom. The summed E-state index contributed by atoms with van der Waals surface area (Å²) in [6.07, 6.45) is 0.0160. The molecule has 0 aliphatic heterocycles. The molecule has 0 saturated heterocycles. The van der Waals surface area contributed by atoms with E-state index in [-0.39, 0.29) is 11.9 Å². The van der Waals surface area contributed by atoms with E-state index in [0.29, 0.717) is 11.6 Å². The standard InChI is InChI=1S/C15H15NO3.H2O/c1-10-3-8-14(16-11(10)2)19-13-6-4-12(5-7-13)9-15(17)18;/h3-8H,9H2,1-2H3,(H,17,18);1H2. The number of aliphatic carboxylic acids is 1. The van der Waals surface area contributed by atoms with Crippen molar-refractivity contribution in [3.05, 3.63) is 53.2 Å². The van der Waals surface area contributed by atoms with Crippen LogP contribution in [0.2, 0.25) is 0 Å². The number of ether oxygens (including phenoxy) is 1. The predicted molar refractivity (Wildman–Crippen MR) is 75.2 cm³/mol. The number of hydrogen-bond donors (Lipinski definition) is 1. The number of nitrogens with zero attached hydrogens (tertiary/aromatic N) is 1. The van der Waals surface area contributed by atoms with Crippen LogP contribution in [-0.2, 0) is 11.2 Å². The van der Waals surface area contributed by atoms with E-state index >= 15 is 0 Å². The minimum Gasteiger partial charge on any atom is -0.481 e. The molecule has 20 heavy (non-hydrogen) atoms. The van der Waals surface area contributed by atoms with Crippen LogP contribution in [0.1, 0.15) is 16.8 Å². The minimum atomic E-state index is -0.843. The molecule has 1 aromatic heterocycles. The SMILES string of the molecule is Cc1ccc(Oc2ccc(CC(=O)O)cc2)nc1C.O. The van der Waals surface area contributed by atoms with Gasteiger partial charge in [0.2, 0.25) is 5.88 Å². The van der Waals surface area contributed by atoms with Crippen molar-refractivity contribution >= 4 is 5.97 Å². The fourth-order valence-electron chi connectivity index (χ4n) is 1.64. The van der Waals surface area contributed by atoms with E-state index in [9.17, 15) is 4.79 Å². The summed E-state index contributed by atoms with van der Waals surface area (Å²) in [7, 11) is 0. The van der Waals surface area contributed by atoms with Crippen molar-refractivity contribution in [3.8, 4) is 11.6 Å². The third-order valence-corrected chi connectivity index (χ3v) is 2.83. The van der Waals surface area contributed by atoms with Crippen molar-refractivity contribution in [2.24, 2.45) is 0 Å². The summed E-state index contributed by atoms with van der Waals surface area (Å²) >= 11 is 0. The molecule has 2 rings (SSSR count). The van der Waals surface area contributed by atoms with Gasteiger partial charge in [-0.3, -0.25) is 4.79 Å². The lowest BCUT2D eigenvalue weighted by atomic mass is 10.1. The zero-order valence-corrected chi connectivity index (χ0v) is 11.4. The second-order valence-corrected chi connectivity index (χ2v) is 4.37. The first-order valence-electron chi connectivity index (χ1n) is 5.97. The Hall–Kier alpha value is -2.40. The molecule has 1 heterocycles. The van der Waals surface area contributed by atoms with Gasteiger partial charge in [-0.2, -0.15) is 0 Å². The number of carboxylic acid groups (broad SMARTS) is 1. The molecule has 0 radical (unpaired) electrons. The van der Waals surface area contributed by atoms with Gasteiger partial charge in [-0.1, -0.05) is 18.2 Å². The highest BCUT2D eigenvalue weighted by Gasteiger charge is 2.03. The molecule has 2 aromatic rings. The summed E-state index contributed by atoms with van der Waals surface area (Å²) in [5, 5.41) is 8.69. The second-order valence-electron chi connectivity index (χ2n) is 4.37. The van der Waals surface area contributed by atoms with Crippen LogP contribution in [0.25, 0.3) is 0 Å². The van der Waals surface area contributed by atoms with Gasteiger partial charge in [-0.05, 0) is 37.1 Å². The molecular weight excluding hydrogens is 258 g/mol. The molecule has 1 aromatic carbocycles. The maximum Gasteiger partial charge on any atom is 0.307 e. The van der Waals surface area contributed by atoms with Gasteiger partial charge in [0.1, 0.15) is 5.75 Å². The van der Waals surface area contributed by atoms with Gasteiger partial charge in [0.25, 0.3) is 0 Å². The lowest BCUT2D eigenvalue weighted by Crippen LogP contribution is -1.99. The average Bonchev–Trinajstić information content (AvgIpc) is 2.36. The quantitative estimate of drug-likeness (QED) is 0.926. The highest BCUT2D eigenvalue weighted by molar-refractivity contribution is 5.70. The monoisotopic (exact) mass is 275 g/mol. The van der Waals surface area contributed by atoms with E-state index in [2.05, 4.69) is 4.98 Å². The Labute approximate surface area is 117 Å². The normalized spacial score (nSPS) is 9.70. The van der Waals surface area contributed by atoms with Gasteiger partial charge in [0, 0.05) is 11.8 Å². The van der Waals surface area contributed by atoms with Gasteiger partial charge in [-0.25, -0.2) is 4.98 Å². The van der Waals surface area contributed by atoms with Crippen LogP contribution < -0.4 is 4.74 Å². The van der Waals surface area contributed by atoms with E-state index < -0.39 is 5.97 Å². The highest BCUT2D eigenvalue weighted by Crippen LogP contribution is 2.21. The van der Waals surface area contributed by atoms with Crippen LogP contribution in [-0.4, -0.2) is 21.5 Å². The third kappa shape index (κ3) is 4.07. The Kier molecular flexibility index (Phi) is 5.23. The summed E-state index contributed by atoms with van der Waals surface area (Å²) in [6.45, 7) is 3.92. The number of hydrogen-bond acceptors (Lipinski definition) is 3. The second kappa shape index (κ2) is 6.68. The Morgan fingerprint density at radius 1 is 1.15 bits per heavy atom. The molecule has 0 atom stereocenters. The van der Waals surface area contributed by atoms with E-state index in [0.717, 1.165) is 16.8 Å². The maximum atomic E-state index is 10.6. The van der Waals surface area contributed by atoms with Crippen molar-refractivity contribution in [3.63, 3.8) is 0 Å². The summed E-state index contributed by atoms with van der Waals surface area (Å²) in [5.74, 6) is 0.337. The first-order valence-corrected chi connectivity index (χ1v) is 5.97. The first kappa shape index (κ1) is 15.7. The van der Waals surface area contributed by atoms with Crippen molar-refractivity contribution in [1.29, 1.82) is 0 Å². The van der Waals surface area contributed by atoms with E-state index in [4.69, 9.17) is 9.84 Å². The number of carboxylic acids is 1. The highest BCUT2D eigenvalue weighted by atomic mass is 16.5. The third-order valence-electron chi connectivity index (χ3n) is 2.83. The van der Waals surface area contributed by atoms with Crippen molar-refractivity contribution in [2.75, 3.05) is 0 Å². The fourth-order valence-corrected chi connectivity index (χ4v) is 1.64. The largest absolute Gasteiger partial charge is 0.481 e. The summed E-state index contributed by atoms with van der Waals surface area (Å²) in [4.78, 5) is 14.9. The van der Waals surface area contributed by atoms with Crippen molar-refractivity contribution in [1.82, 2.24) is 4.98 Å². The Morgan fingerprint density at radius 3 is 2.35 bits per heavy atom. The average molecular weight is 275 g/mol. The number of benzene rings is 1. The van der Waals surface area contributed by atoms with E-state index in [1.807, 2.05) is 26.0 Å². The molecule has 0 unspecified atom stereocenters. The molecule has 0 aliphatic rings. The molecular formula is C15H17NO4. The molecule has 5 nitrogen and oxygen atoms in total. The molecule has 0 bridgehead atoms. The van der Waals surface area contributed by atoms with Crippen molar-refractivity contribution < 1.29 is 20.1 Å². The van der Waals surface area contributed by atoms with Crippen molar-refractivity contribution in [2.45, 2.75) is 20.3 Å². The van der Waals surface area contributed by atoms with Gasteiger partial charge in [-0.15, -0.1) is 0 Å². The smallest absolute Gasteiger partial charge is 0.307 e. The number of aromatic nitrogens is 1. The number of aryl methyl sites for hydroxylation is 2. The topological polar surface area (TPSA) is 90.9 Å². The Bertz CT molecular complexity index is 593. The molecule has 0 fully saturated rings. The zero-order valence-electron chi connectivity index (χ0n) is 11.4. The molecule has 0 saturated carbocycles. The van der Waals surface area contributed by atoms with E-state index in [1.54, 1.807) is 24.3 Å². The summed E-state index contributed by atoms with van der Waals surface area (Å²) in [5.41, 5.74) is 2.79. The van der Waals surface area contributed by atoms with Gasteiger partial charge in [0.05, 0.1) is 6.42 Å². The van der Waals surface area contributed by atoms with Gasteiger partial charge < -0.3 is 15.3 Å². The van der Waals surface area contributed by atoms with Gasteiger partial charge in [0.15, 0.2) is 0 Å². The maximum absolute atomic E-state index is 10.6. The lowest BCUT2D eigenvalue weighted by molar-refractivity contribution is -0.136. The van der Waals surface area contributed by atoms with Gasteiger partial charge >= 0.3 is 5.97 Å². The van der Waals surface area contributed by atoms with Crippen LogP contribution in [0.5, 0.6) is 11.6 Å². The van der Waals surface area contributed by atoms with E-state index in [1.165, 1.54) is 0 Å². The molecule has 0 spiro atoms. The van der Waals surface area contributed by atoms with Crippen LogP contribution >= 0.6 is 0 Å². The Balaban J connectivity index is 0.00000200. The van der Waals surface area contributed by atoms with Crippen LogP contribution in [0.15, 0.2) is 36.4 Å². The summed E-state index contributed by atoms with van der Waals surface area (Å²) in [6, 6.07) is 10.7. The zero-order chi connectivity index (χ0) is 13.8. The predicted octanol–water partition coefficient (Wildman–Crippen LogP) is 2.29. The van der Waals surface area contributed by atoms with Crippen LogP contribution in [0, 0.1) is 13.8 Å².